The molecule has 0 aliphatic heterocycles. The van der Waals surface area contributed by atoms with Gasteiger partial charge in [0.25, 0.3) is 0 Å². The van der Waals surface area contributed by atoms with Gasteiger partial charge in [0.15, 0.2) is 17.7 Å². The number of unbranched alkanes of at least 4 members (excludes halogenated alkanes) is 3. The Hall–Kier alpha value is -3.27. The van der Waals surface area contributed by atoms with Gasteiger partial charge in [-0.2, -0.15) is 5.26 Å². The number of pyridine rings is 1. The molecular weight excluding hydrogens is 342 g/mol. The van der Waals surface area contributed by atoms with E-state index in [0.29, 0.717) is 19.1 Å². The fourth-order valence-corrected chi connectivity index (χ4v) is 2.42. The Labute approximate surface area is 160 Å². The molecule has 0 amide bonds. The first-order valence-electron chi connectivity index (χ1n) is 8.96. The summed E-state index contributed by atoms with van der Waals surface area (Å²) < 4.78 is 11.0. The largest absolute Gasteiger partial charge is 0.493 e. The van der Waals surface area contributed by atoms with E-state index in [9.17, 15) is 0 Å². The zero-order chi connectivity index (χ0) is 19.2. The molecule has 0 bridgehead atoms. The number of para-hydroxylation sites is 2. The number of rotatable bonds is 10. The van der Waals surface area contributed by atoms with Crippen molar-refractivity contribution in [1.82, 2.24) is 10.3 Å². The van der Waals surface area contributed by atoms with Crippen LogP contribution >= 0.6 is 0 Å². The van der Waals surface area contributed by atoms with E-state index >= 15 is 0 Å². The topological polar surface area (TPSA) is 91.6 Å². The Bertz CT molecular complexity index is 744. The lowest BCUT2D eigenvalue weighted by Gasteiger charge is -2.10. The maximum atomic E-state index is 8.83. The van der Waals surface area contributed by atoms with Crippen LogP contribution in [0.3, 0.4) is 0 Å². The number of methoxy groups -OCH3 is 1. The molecule has 0 saturated carbocycles. The average molecular weight is 367 g/mol. The lowest BCUT2D eigenvalue weighted by molar-refractivity contribution is 0.285. The van der Waals surface area contributed by atoms with Crippen molar-refractivity contribution >= 4 is 11.6 Å². The number of guanidine groups is 1. The molecular formula is C20H25N5O2. The van der Waals surface area contributed by atoms with Crippen molar-refractivity contribution in [1.29, 1.82) is 5.26 Å². The fraction of sp³-hybridized carbons (Fsp3) is 0.350. The SMILES string of the molecule is COc1ccccc1OCCCCCCN=C(NC#N)Nc1cccnc1. The molecule has 2 N–H and O–H groups in total. The summed E-state index contributed by atoms with van der Waals surface area (Å²) in [6, 6.07) is 11.3. The van der Waals surface area contributed by atoms with Crippen molar-refractivity contribution in [3.8, 4) is 17.7 Å². The zero-order valence-corrected chi connectivity index (χ0v) is 15.5. The second-order valence-electron chi connectivity index (χ2n) is 5.75. The maximum Gasteiger partial charge on any atom is 0.209 e. The third kappa shape index (κ3) is 7.65. The summed E-state index contributed by atoms with van der Waals surface area (Å²) in [5.74, 6) is 1.97. The Morgan fingerprint density at radius 2 is 1.93 bits per heavy atom. The highest BCUT2D eigenvalue weighted by Gasteiger charge is 2.02. The van der Waals surface area contributed by atoms with E-state index in [4.69, 9.17) is 14.7 Å². The third-order valence-corrected chi connectivity index (χ3v) is 3.75. The molecule has 142 valence electrons. The summed E-state index contributed by atoms with van der Waals surface area (Å²) in [5, 5.41) is 14.4. The molecule has 0 unspecified atom stereocenters. The van der Waals surface area contributed by atoms with Gasteiger partial charge in [-0.1, -0.05) is 18.6 Å². The van der Waals surface area contributed by atoms with Crippen molar-refractivity contribution in [2.75, 3.05) is 25.6 Å². The van der Waals surface area contributed by atoms with E-state index in [1.807, 2.05) is 42.6 Å². The first-order valence-corrected chi connectivity index (χ1v) is 8.96. The van der Waals surface area contributed by atoms with Crippen molar-refractivity contribution in [2.24, 2.45) is 4.99 Å². The molecule has 7 nitrogen and oxygen atoms in total. The first kappa shape index (κ1) is 20.0. The molecule has 0 radical (unpaired) electrons. The number of hydrogen-bond donors (Lipinski definition) is 2. The van der Waals surface area contributed by atoms with E-state index < -0.39 is 0 Å². The van der Waals surface area contributed by atoms with Crippen LogP contribution in [-0.4, -0.2) is 31.2 Å². The Morgan fingerprint density at radius 1 is 1.11 bits per heavy atom. The number of aliphatic imine (C=N–C) groups is 1. The molecule has 0 saturated heterocycles. The summed E-state index contributed by atoms with van der Waals surface area (Å²) >= 11 is 0. The fourth-order valence-electron chi connectivity index (χ4n) is 2.42. The van der Waals surface area contributed by atoms with Crippen molar-refractivity contribution in [2.45, 2.75) is 25.7 Å². The van der Waals surface area contributed by atoms with Crippen LogP contribution < -0.4 is 20.1 Å². The number of nitriles is 1. The number of aromatic nitrogens is 1. The van der Waals surface area contributed by atoms with Gasteiger partial charge in [-0.15, -0.1) is 0 Å². The molecule has 0 atom stereocenters. The molecule has 0 fully saturated rings. The highest BCUT2D eigenvalue weighted by molar-refractivity contribution is 5.94. The smallest absolute Gasteiger partial charge is 0.209 e. The van der Waals surface area contributed by atoms with Gasteiger partial charge in [-0.3, -0.25) is 15.3 Å². The van der Waals surface area contributed by atoms with Gasteiger partial charge in [0.2, 0.25) is 5.96 Å². The predicted molar refractivity (Wildman–Crippen MR) is 106 cm³/mol. The van der Waals surface area contributed by atoms with Crippen LogP contribution in [0.4, 0.5) is 5.69 Å². The van der Waals surface area contributed by atoms with E-state index in [2.05, 4.69) is 20.6 Å². The van der Waals surface area contributed by atoms with Gasteiger partial charge in [0.05, 0.1) is 25.6 Å². The lowest BCUT2D eigenvalue weighted by Crippen LogP contribution is -2.27. The van der Waals surface area contributed by atoms with Gasteiger partial charge < -0.3 is 14.8 Å². The Morgan fingerprint density at radius 3 is 2.67 bits per heavy atom. The second kappa shape index (κ2) is 12.1. The minimum atomic E-state index is 0.435. The molecule has 2 aromatic rings. The molecule has 2 rings (SSSR count). The summed E-state index contributed by atoms with van der Waals surface area (Å²) in [6.07, 6.45) is 9.28. The number of nitrogens with one attached hydrogen (secondary N) is 2. The van der Waals surface area contributed by atoms with E-state index in [1.54, 1.807) is 19.5 Å². The number of hydrogen-bond acceptors (Lipinski definition) is 5. The van der Waals surface area contributed by atoms with Crippen molar-refractivity contribution in [3.05, 3.63) is 48.8 Å². The van der Waals surface area contributed by atoms with Gasteiger partial charge in [0.1, 0.15) is 0 Å². The Kier molecular flexibility index (Phi) is 9.02. The molecule has 1 aromatic carbocycles. The van der Waals surface area contributed by atoms with Crippen LogP contribution in [-0.2, 0) is 0 Å². The van der Waals surface area contributed by atoms with Crippen molar-refractivity contribution < 1.29 is 9.47 Å². The summed E-state index contributed by atoms with van der Waals surface area (Å²) in [5.41, 5.74) is 0.785. The quantitative estimate of drug-likeness (QED) is 0.219. The van der Waals surface area contributed by atoms with Gasteiger partial charge in [-0.25, -0.2) is 0 Å². The maximum absolute atomic E-state index is 8.83. The van der Waals surface area contributed by atoms with Gasteiger partial charge >= 0.3 is 0 Å². The lowest BCUT2D eigenvalue weighted by atomic mass is 10.2. The molecule has 27 heavy (non-hydrogen) atoms. The molecule has 1 aromatic heterocycles. The van der Waals surface area contributed by atoms with E-state index in [1.165, 1.54) is 0 Å². The molecule has 0 aliphatic rings. The van der Waals surface area contributed by atoms with Crippen LogP contribution in [0, 0.1) is 11.5 Å². The van der Waals surface area contributed by atoms with Crippen LogP contribution in [0.5, 0.6) is 11.5 Å². The summed E-state index contributed by atoms with van der Waals surface area (Å²) in [7, 11) is 1.64. The first-order chi connectivity index (χ1) is 13.3. The van der Waals surface area contributed by atoms with Gasteiger partial charge in [-0.05, 0) is 43.5 Å². The van der Waals surface area contributed by atoms with E-state index in [0.717, 1.165) is 42.9 Å². The highest BCUT2D eigenvalue weighted by atomic mass is 16.5. The number of ether oxygens (including phenoxy) is 2. The molecule has 1 heterocycles. The third-order valence-electron chi connectivity index (χ3n) is 3.75. The molecule has 0 aliphatic carbocycles. The summed E-state index contributed by atoms with van der Waals surface area (Å²) in [4.78, 5) is 8.41. The monoisotopic (exact) mass is 367 g/mol. The average Bonchev–Trinajstić information content (AvgIpc) is 2.71. The molecule has 0 spiro atoms. The van der Waals surface area contributed by atoms with Crippen LogP contribution in [0.15, 0.2) is 53.8 Å². The minimum absolute atomic E-state index is 0.435. The highest BCUT2D eigenvalue weighted by Crippen LogP contribution is 2.25. The second-order valence-corrected chi connectivity index (χ2v) is 5.75. The van der Waals surface area contributed by atoms with Crippen LogP contribution in [0.25, 0.3) is 0 Å². The van der Waals surface area contributed by atoms with Crippen LogP contribution in [0.1, 0.15) is 25.7 Å². The zero-order valence-electron chi connectivity index (χ0n) is 15.5. The predicted octanol–water partition coefficient (Wildman–Crippen LogP) is 3.57. The number of anilines is 1. The standard InChI is InChI=1S/C20H25N5O2/c1-26-18-10-4-5-11-19(18)27-14-7-3-2-6-13-23-20(24-16-21)25-17-9-8-12-22-15-17/h4-5,8-12,15H,2-3,6-7,13-14H2,1H3,(H2,23,24,25). The molecule has 7 heteroatoms. The summed E-state index contributed by atoms with van der Waals surface area (Å²) in [6.45, 7) is 1.30. The normalized spacial score (nSPS) is 10.7. The van der Waals surface area contributed by atoms with E-state index in [-0.39, 0.29) is 0 Å². The minimum Gasteiger partial charge on any atom is -0.493 e. The van der Waals surface area contributed by atoms with Crippen LogP contribution in [0.2, 0.25) is 0 Å². The van der Waals surface area contributed by atoms with Gasteiger partial charge in [0, 0.05) is 12.7 Å². The van der Waals surface area contributed by atoms with Crippen molar-refractivity contribution in [3.63, 3.8) is 0 Å². The number of benzene rings is 1. The Balaban J connectivity index is 1.62. The number of nitrogens with zero attached hydrogens (tertiary/aromatic N) is 3.